The van der Waals surface area contributed by atoms with Gasteiger partial charge in [0, 0.05) is 38.1 Å². The number of likely N-dealkylation sites (N-methyl/N-ethyl adjacent to an activating group) is 1. The van der Waals surface area contributed by atoms with E-state index in [1.165, 1.54) is 0 Å². The normalized spacial score (nSPS) is 15.1. The van der Waals surface area contributed by atoms with Gasteiger partial charge >= 0.3 is 0 Å². The number of rotatable bonds is 3. The number of aromatic nitrogens is 4. The molecule has 0 spiro atoms. The minimum atomic E-state index is -0.0425. The quantitative estimate of drug-likeness (QED) is 0.713. The van der Waals surface area contributed by atoms with Crippen molar-refractivity contribution in [3.05, 3.63) is 60.2 Å². The maximum atomic E-state index is 13.0. The van der Waals surface area contributed by atoms with Crippen molar-refractivity contribution in [2.45, 2.75) is 6.92 Å². The summed E-state index contributed by atoms with van der Waals surface area (Å²) in [5.41, 5.74) is 3.71. The molecule has 1 amide bonds. The molecule has 0 aromatic carbocycles. The van der Waals surface area contributed by atoms with Gasteiger partial charge in [0.1, 0.15) is 0 Å². The summed E-state index contributed by atoms with van der Waals surface area (Å²) < 4.78 is 1.75. The third-order valence-electron chi connectivity index (χ3n) is 4.79. The van der Waals surface area contributed by atoms with Crippen LogP contribution in [0.2, 0.25) is 0 Å². The Morgan fingerprint density at radius 2 is 1.85 bits per heavy atom. The molecular weight excluding hydrogens is 340 g/mol. The van der Waals surface area contributed by atoms with Gasteiger partial charge in [-0.2, -0.15) is 5.10 Å². The van der Waals surface area contributed by atoms with Gasteiger partial charge in [0.25, 0.3) is 5.91 Å². The van der Waals surface area contributed by atoms with E-state index >= 15 is 0 Å². The van der Waals surface area contributed by atoms with Crippen LogP contribution in [-0.4, -0.2) is 68.7 Å². The first-order chi connectivity index (χ1) is 13.1. The molecule has 0 atom stereocenters. The Hall–Kier alpha value is -3.06. The lowest BCUT2D eigenvalue weighted by atomic mass is 10.2. The van der Waals surface area contributed by atoms with E-state index in [4.69, 9.17) is 0 Å². The van der Waals surface area contributed by atoms with Crippen LogP contribution in [0.5, 0.6) is 0 Å². The number of hydrogen-bond acceptors (Lipinski definition) is 5. The Bertz CT molecular complexity index is 927. The summed E-state index contributed by atoms with van der Waals surface area (Å²) in [6, 6.07) is 11.4. The van der Waals surface area contributed by atoms with Crippen molar-refractivity contribution >= 4 is 5.91 Å². The van der Waals surface area contributed by atoms with Crippen LogP contribution in [0.3, 0.4) is 0 Å². The fourth-order valence-electron chi connectivity index (χ4n) is 3.14. The fraction of sp³-hybridized carbons (Fsp3) is 0.300. The molecule has 0 aliphatic carbocycles. The minimum absolute atomic E-state index is 0.0425. The standard InChI is InChI=1S/C20H22N6O/c1-15-6-7-16(14-22-15)26-19(17-5-3-4-8-21-17)13-18(23-26)20(27)25-11-9-24(2)10-12-25/h3-8,13-14H,9-12H2,1-2H3. The van der Waals surface area contributed by atoms with E-state index in [2.05, 4.69) is 27.0 Å². The molecule has 0 unspecified atom stereocenters. The molecule has 0 bridgehead atoms. The molecule has 1 saturated heterocycles. The van der Waals surface area contributed by atoms with Crippen molar-refractivity contribution in [2.24, 2.45) is 0 Å². The van der Waals surface area contributed by atoms with E-state index in [1.54, 1.807) is 17.1 Å². The van der Waals surface area contributed by atoms with Crippen molar-refractivity contribution in [1.82, 2.24) is 29.5 Å². The molecule has 7 nitrogen and oxygen atoms in total. The van der Waals surface area contributed by atoms with E-state index in [-0.39, 0.29) is 5.91 Å². The molecule has 4 rings (SSSR count). The number of nitrogens with zero attached hydrogens (tertiary/aromatic N) is 6. The summed E-state index contributed by atoms with van der Waals surface area (Å²) in [6.07, 6.45) is 3.50. The molecule has 7 heteroatoms. The first kappa shape index (κ1) is 17.4. The highest BCUT2D eigenvalue weighted by molar-refractivity contribution is 5.93. The lowest BCUT2D eigenvalue weighted by molar-refractivity contribution is 0.0657. The zero-order chi connectivity index (χ0) is 18.8. The Labute approximate surface area is 158 Å². The molecule has 1 aliphatic rings. The predicted octanol–water partition coefficient (Wildman–Crippen LogP) is 2.03. The second-order valence-electron chi connectivity index (χ2n) is 6.79. The molecule has 0 saturated carbocycles. The van der Waals surface area contributed by atoms with Crippen LogP contribution < -0.4 is 0 Å². The van der Waals surface area contributed by atoms with E-state index in [0.29, 0.717) is 18.8 Å². The Morgan fingerprint density at radius 1 is 1.04 bits per heavy atom. The second-order valence-corrected chi connectivity index (χ2v) is 6.79. The van der Waals surface area contributed by atoms with Gasteiger partial charge < -0.3 is 9.80 Å². The number of piperazine rings is 1. The van der Waals surface area contributed by atoms with Gasteiger partial charge in [0.05, 0.1) is 23.3 Å². The van der Waals surface area contributed by atoms with Gasteiger partial charge in [-0.05, 0) is 44.3 Å². The van der Waals surface area contributed by atoms with Gasteiger partial charge in [-0.3, -0.25) is 14.8 Å². The number of aryl methyl sites for hydroxylation is 1. The number of hydrogen-bond donors (Lipinski definition) is 0. The van der Waals surface area contributed by atoms with Crippen LogP contribution in [0.15, 0.2) is 48.8 Å². The lowest BCUT2D eigenvalue weighted by Gasteiger charge is -2.31. The van der Waals surface area contributed by atoms with Gasteiger partial charge in [-0.25, -0.2) is 4.68 Å². The smallest absolute Gasteiger partial charge is 0.274 e. The van der Waals surface area contributed by atoms with E-state index < -0.39 is 0 Å². The first-order valence-corrected chi connectivity index (χ1v) is 9.04. The molecule has 138 valence electrons. The molecule has 1 fully saturated rings. The summed E-state index contributed by atoms with van der Waals surface area (Å²) in [4.78, 5) is 25.9. The van der Waals surface area contributed by atoms with Crippen molar-refractivity contribution in [3.8, 4) is 17.1 Å². The SMILES string of the molecule is Cc1ccc(-n2nc(C(=O)N3CCN(C)CC3)cc2-c2ccccn2)cn1. The maximum Gasteiger partial charge on any atom is 0.274 e. The van der Waals surface area contributed by atoms with Crippen LogP contribution >= 0.6 is 0 Å². The zero-order valence-electron chi connectivity index (χ0n) is 15.5. The Kier molecular flexibility index (Phi) is 4.68. The highest BCUT2D eigenvalue weighted by Crippen LogP contribution is 2.23. The summed E-state index contributed by atoms with van der Waals surface area (Å²) >= 11 is 0. The predicted molar refractivity (Wildman–Crippen MR) is 103 cm³/mol. The second kappa shape index (κ2) is 7.28. The molecule has 0 radical (unpaired) electrons. The van der Waals surface area contributed by atoms with Crippen LogP contribution in [0.1, 0.15) is 16.2 Å². The number of pyridine rings is 2. The molecule has 3 aromatic rings. The van der Waals surface area contributed by atoms with E-state index in [1.807, 2.05) is 48.2 Å². The van der Waals surface area contributed by atoms with Gasteiger partial charge in [-0.1, -0.05) is 6.07 Å². The molecule has 1 aliphatic heterocycles. The summed E-state index contributed by atoms with van der Waals surface area (Å²) in [6.45, 7) is 5.12. The van der Waals surface area contributed by atoms with Crippen LogP contribution in [0.4, 0.5) is 0 Å². The molecule has 27 heavy (non-hydrogen) atoms. The van der Waals surface area contributed by atoms with Crippen LogP contribution in [-0.2, 0) is 0 Å². The topological polar surface area (TPSA) is 67.2 Å². The third kappa shape index (κ3) is 3.59. The van der Waals surface area contributed by atoms with Crippen molar-refractivity contribution in [2.75, 3.05) is 33.2 Å². The largest absolute Gasteiger partial charge is 0.335 e. The zero-order valence-corrected chi connectivity index (χ0v) is 15.5. The van der Waals surface area contributed by atoms with Gasteiger partial charge in [-0.15, -0.1) is 0 Å². The van der Waals surface area contributed by atoms with E-state index in [0.717, 1.165) is 35.9 Å². The molecule has 3 aromatic heterocycles. The van der Waals surface area contributed by atoms with Crippen LogP contribution in [0.25, 0.3) is 17.1 Å². The average Bonchev–Trinajstić information content (AvgIpc) is 3.15. The highest BCUT2D eigenvalue weighted by atomic mass is 16.2. The number of amides is 1. The number of carbonyl (C=O) groups is 1. The molecule has 4 heterocycles. The monoisotopic (exact) mass is 362 g/mol. The molecule has 0 N–H and O–H groups in total. The Balaban J connectivity index is 1.73. The van der Waals surface area contributed by atoms with Crippen LogP contribution in [0, 0.1) is 6.92 Å². The molecular formula is C20H22N6O. The maximum absolute atomic E-state index is 13.0. The summed E-state index contributed by atoms with van der Waals surface area (Å²) in [7, 11) is 2.07. The minimum Gasteiger partial charge on any atom is -0.335 e. The van der Waals surface area contributed by atoms with Gasteiger partial charge in [0.15, 0.2) is 5.69 Å². The van der Waals surface area contributed by atoms with E-state index in [9.17, 15) is 4.79 Å². The summed E-state index contributed by atoms with van der Waals surface area (Å²) in [5.74, 6) is -0.0425. The fourth-order valence-corrected chi connectivity index (χ4v) is 3.14. The number of carbonyl (C=O) groups excluding carboxylic acids is 1. The Morgan fingerprint density at radius 3 is 2.52 bits per heavy atom. The highest BCUT2D eigenvalue weighted by Gasteiger charge is 2.24. The lowest BCUT2D eigenvalue weighted by Crippen LogP contribution is -2.47. The first-order valence-electron chi connectivity index (χ1n) is 9.04. The van der Waals surface area contributed by atoms with Gasteiger partial charge in [0.2, 0.25) is 0 Å². The third-order valence-corrected chi connectivity index (χ3v) is 4.79. The van der Waals surface area contributed by atoms with Crippen molar-refractivity contribution < 1.29 is 4.79 Å². The average molecular weight is 362 g/mol. The van der Waals surface area contributed by atoms with Crippen molar-refractivity contribution in [1.29, 1.82) is 0 Å². The van der Waals surface area contributed by atoms with Crippen molar-refractivity contribution in [3.63, 3.8) is 0 Å². The summed E-state index contributed by atoms with van der Waals surface area (Å²) in [5, 5.41) is 4.61.